The van der Waals surface area contributed by atoms with Gasteiger partial charge in [-0.2, -0.15) is 0 Å². The summed E-state index contributed by atoms with van der Waals surface area (Å²) in [6.45, 7) is 5.00. The number of hydrogen-bond donors (Lipinski definition) is 1. The van der Waals surface area contributed by atoms with E-state index in [1.165, 1.54) is 17.4 Å². The predicted octanol–water partition coefficient (Wildman–Crippen LogP) is 4.07. The number of nitrogens with zero attached hydrogens (tertiary/aromatic N) is 3. The van der Waals surface area contributed by atoms with Crippen molar-refractivity contribution in [1.82, 2.24) is 9.88 Å². The molecule has 2 bridgehead atoms. The van der Waals surface area contributed by atoms with E-state index >= 15 is 0 Å². The number of hydrogen-bond acceptors (Lipinski definition) is 6. The molecule has 2 aromatic carbocycles. The fourth-order valence-electron chi connectivity index (χ4n) is 4.64. The third-order valence-electron chi connectivity index (χ3n) is 6.13. The monoisotopic (exact) mass is 460 g/mol. The van der Waals surface area contributed by atoms with Gasteiger partial charge in [0.05, 0.1) is 17.8 Å². The van der Waals surface area contributed by atoms with Crippen molar-refractivity contribution in [3.8, 4) is 22.8 Å². The van der Waals surface area contributed by atoms with E-state index in [1.54, 1.807) is 0 Å². The second kappa shape index (κ2) is 8.71. The van der Waals surface area contributed by atoms with Crippen molar-refractivity contribution < 1.29 is 14.3 Å². The molecule has 0 aliphatic carbocycles. The topological polar surface area (TPSA) is 88.8 Å². The molecule has 2 fully saturated rings. The van der Waals surface area contributed by atoms with Gasteiger partial charge in [-0.05, 0) is 55.3 Å². The molecule has 2 atom stereocenters. The van der Waals surface area contributed by atoms with Crippen molar-refractivity contribution in [3.05, 3.63) is 72.1 Å². The molecule has 2 aliphatic heterocycles. The molecule has 2 unspecified atom stereocenters. The molecule has 2 saturated heterocycles. The summed E-state index contributed by atoms with van der Waals surface area (Å²) in [7, 11) is 0. The predicted molar refractivity (Wildman–Crippen MR) is 129 cm³/mol. The first-order chi connectivity index (χ1) is 16.0. The number of aromatic nitrogens is 1. The summed E-state index contributed by atoms with van der Waals surface area (Å²) in [6.07, 6.45) is 3.31. The number of benzene rings is 2. The molecule has 2 amide bonds. The van der Waals surface area contributed by atoms with Crippen molar-refractivity contribution >= 4 is 28.3 Å². The second-order valence-corrected chi connectivity index (χ2v) is 9.20. The summed E-state index contributed by atoms with van der Waals surface area (Å²) < 4.78 is 5.86. The van der Waals surface area contributed by atoms with E-state index in [1.807, 2.05) is 59.5 Å². The van der Waals surface area contributed by atoms with Crippen LogP contribution in [0, 0.1) is 0 Å². The van der Waals surface area contributed by atoms with Crippen LogP contribution in [0.4, 0.5) is 5.13 Å². The highest BCUT2D eigenvalue weighted by molar-refractivity contribution is 7.18. The number of carbonyl (C=O) groups is 2. The van der Waals surface area contributed by atoms with Gasteiger partial charge in [-0.1, -0.05) is 36.1 Å². The first kappa shape index (κ1) is 21.2. The van der Waals surface area contributed by atoms with Gasteiger partial charge in [0.1, 0.15) is 16.4 Å². The zero-order valence-corrected chi connectivity index (χ0v) is 18.8. The number of primary amides is 1. The summed E-state index contributed by atoms with van der Waals surface area (Å²) in [6, 6.07) is 17.3. The van der Waals surface area contributed by atoms with Crippen molar-refractivity contribution in [1.29, 1.82) is 0 Å². The Morgan fingerprint density at radius 1 is 1.03 bits per heavy atom. The molecule has 3 heterocycles. The summed E-state index contributed by atoms with van der Waals surface area (Å²) in [5.74, 6) is 0.933. The second-order valence-electron chi connectivity index (χ2n) is 8.22. The molecule has 8 heteroatoms. The molecule has 0 spiro atoms. The normalized spacial score (nSPS) is 19.4. The van der Waals surface area contributed by atoms with Crippen molar-refractivity contribution in [2.75, 3.05) is 18.0 Å². The van der Waals surface area contributed by atoms with Crippen LogP contribution in [-0.4, -0.2) is 46.9 Å². The molecule has 33 heavy (non-hydrogen) atoms. The summed E-state index contributed by atoms with van der Waals surface area (Å²) >= 11 is 1.31. The number of rotatable bonds is 6. The van der Waals surface area contributed by atoms with E-state index in [0.717, 1.165) is 29.3 Å². The van der Waals surface area contributed by atoms with Crippen LogP contribution in [0.1, 0.15) is 22.5 Å². The number of carbonyl (C=O) groups excluding carboxylic acids is 2. The van der Waals surface area contributed by atoms with Gasteiger partial charge in [0.2, 0.25) is 5.91 Å². The van der Waals surface area contributed by atoms with E-state index < -0.39 is 5.91 Å². The van der Waals surface area contributed by atoms with Crippen molar-refractivity contribution in [2.45, 2.75) is 24.9 Å². The third kappa shape index (κ3) is 4.09. The molecule has 2 aliphatic rings. The maximum atomic E-state index is 12.3. The van der Waals surface area contributed by atoms with Gasteiger partial charge in [-0.3, -0.25) is 9.59 Å². The molecular formula is C25H24N4O3S. The van der Waals surface area contributed by atoms with Gasteiger partial charge in [0.25, 0.3) is 5.91 Å². The minimum absolute atomic E-state index is 0.0161. The minimum Gasteiger partial charge on any atom is -0.457 e. The van der Waals surface area contributed by atoms with Crippen LogP contribution in [0.15, 0.2) is 67.3 Å². The number of thiazole rings is 1. The summed E-state index contributed by atoms with van der Waals surface area (Å²) in [5, 5.41) is 0.756. The fourth-order valence-corrected chi connectivity index (χ4v) is 5.60. The Morgan fingerprint density at radius 3 is 2.27 bits per heavy atom. The quantitative estimate of drug-likeness (QED) is 0.560. The van der Waals surface area contributed by atoms with E-state index in [4.69, 9.17) is 15.5 Å². The highest BCUT2D eigenvalue weighted by Crippen LogP contribution is 2.38. The van der Waals surface area contributed by atoms with Gasteiger partial charge < -0.3 is 20.3 Å². The lowest BCUT2D eigenvalue weighted by atomic mass is 10.1. The smallest absolute Gasteiger partial charge is 0.261 e. The molecule has 7 nitrogen and oxygen atoms in total. The third-order valence-corrected chi connectivity index (χ3v) is 7.26. The van der Waals surface area contributed by atoms with Crippen LogP contribution in [0.2, 0.25) is 0 Å². The van der Waals surface area contributed by atoms with Gasteiger partial charge in [-0.25, -0.2) is 4.98 Å². The standard InChI is InChI=1S/C25H24N4O3S/c1-2-21(30)29-17-10-11-18(29)15-28(14-17)25-27-22(23(33-25)24(26)31)16-8-12-20(13-9-16)32-19-6-4-3-5-7-19/h2-9,12-13,17-18H,1,10-11,14-15H2,(H2,26,31). The number of piperazine rings is 1. The first-order valence-corrected chi connectivity index (χ1v) is 11.7. The maximum Gasteiger partial charge on any atom is 0.261 e. The van der Waals surface area contributed by atoms with E-state index in [9.17, 15) is 9.59 Å². The number of ether oxygens (including phenoxy) is 1. The maximum absolute atomic E-state index is 12.3. The Balaban J connectivity index is 1.39. The van der Waals surface area contributed by atoms with Crippen molar-refractivity contribution in [2.24, 2.45) is 5.73 Å². The Hall–Kier alpha value is -3.65. The minimum atomic E-state index is -0.498. The fraction of sp³-hybridized carbons (Fsp3) is 0.240. The van der Waals surface area contributed by atoms with Gasteiger partial charge in [0.15, 0.2) is 5.13 Å². The number of fused-ring (bicyclic) bond motifs is 2. The van der Waals surface area contributed by atoms with Crippen LogP contribution >= 0.6 is 11.3 Å². The zero-order chi connectivity index (χ0) is 22.9. The highest BCUT2D eigenvalue weighted by Gasteiger charge is 2.42. The van der Waals surface area contributed by atoms with E-state index in [0.29, 0.717) is 29.4 Å². The summed E-state index contributed by atoms with van der Waals surface area (Å²) in [5.41, 5.74) is 7.07. The molecule has 5 rings (SSSR count). The lowest BCUT2D eigenvalue weighted by Gasteiger charge is -2.40. The largest absolute Gasteiger partial charge is 0.457 e. The molecule has 0 saturated carbocycles. The summed E-state index contributed by atoms with van der Waals surface area (Å²) in [4.78, 5) is 33.8. The Labute approximate surface area is 196 Å². The van der Waals surface area contributed by atoms with Crippen molar-refractivity contribution in [3.63, 3.8) is 0 Å². The van der Waals surface area contributed by atoms with Gasteiger partial charge in [-0.15, -0.1) is 0 Å². The number of amides is 2. The average Bonchev–Trinajstić information content (AvgIpc) is 3.39. The molecular weight excluding hydrogens is 436 g/mol. The Morgan fingerprint density at radius 2 is 1.67 bits per heavy atom. The SMILES string of the molecule is C=CC(=O)N1C2CCC1CN(c1nc(-c3ccc(Oc4ccccc4)cc3)c(C(N)=O)s1)C2. The van der Waals surface area contributed by atoms with Gasteiger partial charge in [0, 0.05) is 18.7 Å². The molecule has 1 aromatic heterocycles. The molecule has 168 valence electrons. The number of anilines is 1. The Kier molecular flexibility index (Phi) is 5.60. The number of para-hydroxylation sites is 1. The van der Waals surface area contributed by atoms with Crippen LogP contribution in [0.5, 0.6) is 11.5 Å². The lowest BCUT2D eigenvalue weighted by Crippen LogP contribution is -2.55. The average molecular weight is 461 g/mol. The lowest BCUT2D eigenvalue weighted by molar-refractivity contribution is -0.129. The van der Waals surface area contributed by atoms with Crippen LogP contribution in [0.3, 0.4) is 0 Å². The van der Waals surface area contributed by atoms with Crippen LogP contribution in [0.25, 0.3) is 11.3 Å². The van der Waals surface area contributed by atoms with E-state index in [-0.39, 0.29) is 18.0 Å². The van der Waals surface area contributed by atoms with Crippen LogP contribution in [-0.2, 0) is 4.79 Å². The molecule has 2 N–H and O–H groups in total. The first-order valence-electron chi connectivity index (χ1n) is 10.9. The Bertz CT molecular complexity index is 1180. The molecule has 3 aromatic rings. The highest BCUT2D eigenvalue weighted by atomic mass is 32.1. The zero-order valence-electron chi connectivity index (χ0n) is 18.0. The van der Waals surface area contributed by atoms with E-state index in [2.05, 4.69) is 11.5 Å². The van der Waals surface area contributed by atoms with Crippen LogP contribution < -0.4 is 15.4 Å². The number of nitrogens with two attached hydrogens (primary N) is 1. The molecule has 0 radical (unpaired) electrons. The van der Waals surface area contributed by atoms with Gasteiger partial charge >= 0.3 is 0 Å².